The number of alkyl halides is 1. The molecule has 0 spiro atoms. The van der Waals surface area contributed by atoms with Crippen LogP contribution in [0.25, 0.3) is 10.9 Å². The molecule has 2 rings (SSSR count). The van der Waals surface area contributed by atoms with E-state index in [9.17, 15) is 14.0 Å². The fraction of sp³-hybridized carbons (Fsp3) is 0.267. The van der Waals surface area contributed by atoms with Gasteiger partial charge in [0.15, 0.2) is 6.04 Å². The standard InChI is InChI=1S/C15H15FN2O4/c1-8-11(14(19)18-13(7-16)15(20)21)5-9-3-4-10(22-2)6-12(9)17-8/h3-6,13H,7H2,1-2H3,(H,18,19)(H,20,21). The topological polar surface area (TPSA) is 88.5 Å². The van der Waals surface area contributed by atoms with Crippen molar-refractivity contribution in [1.82, 2.24) is 10.3 Å². The lowest BCUT2D eigenvalue weighted by atomic mass is 10.1. The normalized spacial score (nSPS) is 12.0. The quantitative estimate of drug-likeness (QED) is 0.878. The van der Waals surface area contributed by atoms with Crippen molar-refractivity contribution >= 4 is 22.8 Å². The van der Waals surface area contributed by atoms with Crippen molar-refractivity contribution in [2.24, 2.45) is 0 Å². The predicted octanol–water partition coefficient (Wildman–Crippen LogP) is 1.70. The van der Waals surface area contributed by atoms with Gasteiger partial charge in [0.2, 0.25) is 0 Å². The van der Waals surface area contributed by atoms with Gasteiger partial charge in [0.1, 0.15) is 12.4 Å². The van der Waals surface area contributed by atoms with Crippen molar-refractivity contribution in [2.75, 3.05) is 13.8 Å². The van der Waals surface area contributed by atoms with Gasteiger partial charge in [-0.3, -0.25) is 9.78 Å². The zero-order valence-electron chi connectivity index (χ0n) is 12.1. The largest absolute Gasteiger partial charge is 0.497 e. The minimum atomic E-state index is -1.57. The molecule has 2 aromatic rings. The van der Waals surface area contributed by atoms with Gasteiger partial charge in [-0.1, -0.05) is 0 Å². The molecule has 22 heavy (non-hydrogen) atoms. The van der Waals surface area contributed by atoms with Crippen molar-refractivity contribution < 1.29 is 23.8 Å². The summed E-state index contributed by atoms with van der Waals surface area (Å²) < 4.78 is 17.7. The Labute approximate surface area is 125 Å². The second-order valence-electron chi connectivity index (χ2n) is 4.70. The number of nitrogens with zero attached hydrogens (tertiary/aromatic N) is 1. The summed E-state index contributed by atoms with van der Waals surface area (Å²) in [6.07, 6.45) is 0. The molecule has 0 saturated heterocycles. The van der Waals surface area contributed by atoms with Gasteiger partial charge < -0.3 is 15.2 Å². The minimum Gasteiger partial charge on any atom is -0.497 e. The molecule has 1 unspecified atom stereocenters. The number of amides is 1. The van der Waals surface area contributed by atoms with Crippen LogP contribution in [-0.2, 0) is 4.79 Å². The summed E-state index contributed by atoms with van der Waals surface area (Å²) in [5, 5.41) is 11.6. The van der Waals surface area contributed by atoms with Crippen LogP contribution >= 0.6 is 0 Å². The monoisotopic (exact) mass is 306 g/mol. The van der Waals surface area contributed by atoms with Crippen LogP contribution in [-0.4, -0.2) is 41.8 Å². The van der Waals surface area contributed by atoms with E-state index < -0.39 is 24.6 Å². The van der Waals surface area contributed by atoms with E-state index in [1.54, 1.807) is 38.3 Å². The highest BCUT2D eigenvalue weighted by Gasteiger charge is 2.22. The Bertz CT molecular complexity index is 733. The van der Waals surface area contributed by atoms with E-state index in [1.807, 2.05) is 0 Å². The molecule has 7 heteroatoms. The number of rotatable bonds is 5. The molecule has 1 atom stereocenters. The second kappa shape index (κ2) is 6.38. The number of carboxylic acid groups (broad SMARTS) is 1. The summed E-state index contributed by atoms with van der Waals surface area (Å²) in [5.74, 6) is -1.46. The Balaban J connectivity index is 2.37. The molecule has 1 amide bonds. The number of carboxylic acids is 1. The van der Waals surface area contributed by atoms with Crippen LogP contribution in [0.2, 0.25) is 0 Å². The molecule has 116 valence electrons. The SMILES string of the molecule is COc1ccc2cc(C(=O)NC(CF)C(=O)O)c(C)nc2c1. The van der Waals surface area contributed by atoms with Crippen LogP contribution in [0.1, 0.15) is 16.1 Å². The molecular weight excluding hydrogens is 291 g/mol. The summed E-state index contributed by atoms with van der Waals surface area (Å²) >= 11 is 0. The van der Waals surface area contributed by atoms with Gasteiger partial charge in [0.25, 0.3) is 5.91 Å². The number of pyridine rings is 1. The first kappa shape index (κ1) is 15.7. The molecule has 6 nitrogen and oxygen atoms in total. The molecule has 1 heterocycles. The van der Waals surface area contributed by atoms with E-state index in [0.717, 1.165) is 0 Å². The predicted molar refractivity (Wildman–Crippen MR) is 77.9 cm³/mol. The third-order valence-corrected chi connectivity index (χ3v) is 3.22. The highest BCUT2D eigenvalue weighted by Crippen LogP contribution is 2.21. The molecule has 1 aromatic heterocycles. The average Bonchev–Trinajstić information content (AvgIpc) is 2.50. The number of carbonyl (C=O) groups excluding carboxylic acids is 1. The Morgan fingerprint density at radius 1 is 1.41 bits per heavy atom. The van der Waals surface area contributed by atoms with Gasteiger partial charge in [-0.2, -0.15) is 0 Å². The first-order chi connectivity index (χ1) is 10.5. The van der Waals surface area contributed by atoms with Crippen molar-refractivity contribution in [2.45, 2.75) is 13.0 Å². The number of hydrogen-bond acceptors (Lipinski definition) is 4. The van der Waals surface area contributed by atoms with E-state index in [0.29, 0.717) is 22.3 Å². The summed E-state index contributed by atoms with van der Waals surface area (Å²) in [7, 11) is 1.54. The number of aliphatic carboxylic acids is 1. The van der Waals surface area contributed by atoms with Crippen LogP contribution in [0.5, 0.6) is 5.75 Å². The maximum Gasteiger partial charge on any atom is 0.328 e. The van der Waals surface area contributed by atoms with Gasteiger partial charge in [-0.05, 0) is 25.1 Å². The first-order valence-electron chi connectivity index (χ1n) is 6.51. The first-order valence-corrected chi connectivity index (χ1v) is 6.51. The molecule has 0 radical (unpaired) electrons. The molecule has 0 bridgehead atoms. The van der Waals surface area contributed by atoms with Crippen LogP contribution in [0.15, 0.2) is 24.3 Å². The number of aromatic nitrogens is 1. The van der Waals surface area contributed by atoms with Gasteiger partial charge >= 0.3 is 5.97 Å². The number of hydrogen-bond donors (Lipinski definition) is 2. The van der Waals surface area contributed by atoms with E-state index in [1.165, 1.54) is 0 Å². The van der Waals surface area contributed by atoms with E-state index in [2.05, 4.69) is 10.3 Å². The van der Waals surface area contributed by atoms with Crippen LogP contribution in [0.4, 0.5) is 4.39 Å². The van der Waals surface area contributed by atoms with Crippen LogP contribution < -0.4 is 10.1 Å². The lowest BCUT2D eigenvalue weighted by Gasteiger charge is -2.13. The van der Waals surface area contributed by atoms with Crippen LogP contribution in [0.3, 0.4) is 0 Å². The fourth-order valence-corrected chi connectivity index (χ4v) is 2.00. The highest BCUT2D eigenvalue weighted by atomic mass is 19.1. The Morgan fingerprint density at radius 2 is 2.14 bits per heavy atom. The van der Waals surface area contributed by atoms with Crippen molar-refractivity contribution in [3.8, 4) is 5.75 Å². The number of benzene rings is 1. The number of ether oxygens (including phenoxy) is 1. The van der Waals surface area contributed by atoms with Gasteiger partial charge in [0.05, 0.1) is 23.9 Å². The number of methoxy groups -OCH3 is 1. The minimum absolute atomic E-state index is 0.206. The maximum atomic E-state index is 12.6. The summed E-state index contributed by atoms with van der Waals surface area (Å²) in [4.78, 5) is 27.2. The summed E-state index contributed by atoms with van der Waals surface area (Å²) in [6, 6.07) is 5.21. The molecule has 0 fully saturated rings. The fourth-order valence-electron chi connectivity index (χ4n) is 2.00. The Kier molecular flexibility index (Phi) is 4.55. The van der Waals surface area contributed by atoms with Gasteiger partial charge in [-0.15, -0.1) is 0 Å². The zero-order chi connectivity index (χ0) is 16.3. The van der Waals surface area contributed by atoms with E-state index >= 15 is 0 Å². The number of fused-ring (bicyclic) bond motifs is 1. The van der Waals surface area contributed by atoms with Gasteiger partial charge in [-0.25, -0.2) is 9.18 Å². The van der Waals surface area contributed by atoms with E-state index in [-0.39, 0.29) is 5.56 Å². The third kappa shape index (κ3) is 3.13. The van der Waals surface area contributed by atoms with Crippen molar-refractivity contribution in [3.05, 3.63) is 35.5 Å². The smallest absolute Gasteiger partial charge is 0.328 e. The lowest BCUT2D eigenvalue weighted by molar-refractivity contribution is -0.139. The number of carbonyl (C=O) groups is 2. The molecular formula is C15H15FN2O4. The lowest BCUT2D eigenvalue weighted by Crippen LogP contribution is -2.42. The van der Waals surface area contributed by atoms with Crippen molar-refractivity contribution in [3.63, 3.8) is 0 Å². The third-order valence-electron chi connectivity index (χ3n) is 3.22. The highest BCUT2D eigenvalue weighted by molar-refractivity contribution is 6.00. The van der Waals surface area contributed by atoms with Crippen LogP contribution in [0, 0.1) is 6.92 Å². The number of aryl methyl sites for hydroxylation is 1. The van der Waals surface area contributed by atoms with Crippen molar-refractivity contribution in [1.29, 1.82) is 0 Å². The second-order valence-corrected chi connectivity index (χ2v) is 4.70. The molecule has 0 aliphatic carbocycles. The number of nitrogens with one attached hydrogen (secondary N) is 1. The molecule has 0 aliphatic heterocycles. The number of halogens is 1. The zero-order valence-corrected chi connectivity index (χ0v) is 12.1. The Hall–Kier alpha value is -2.70. The summed E-state index contributed by atoms with van der Waals surface area (Å²) in [6.45, 7) is 0.442. The maximum absolute atomic E-state index is 12.6. The van der Waals surface area contributed by atoms with Gasteiger partial charge in [0, 0.05) is 11.5 Å². The molecule has 1 aromatic carbocycles. The average molecular weight is 306 g/mol. The molecule has 0 aliphatic rings. The van der Waals surface area contributed by atoms with E-state index in [4.69, 9.17) is 9.84 Å². The summed E-state index contributed by atoms with van der Waals surface area (Å²) in [5.41, 5.74) is 1.27. The Morgan fingerprint density at radius 3 is 2.73 bits per heavy atom. The molecule has 0 saturated carbocycles. The molecule has 2 N–H and O–H groups in total.